The van der Waals surface area contributed by atoms with Crippen molar-refractivity contribution in [3.8, 4) is 44.5 Å². The summed E-state index contributed by atoms with van der Waals surface area (Å²) in [5.41, 5.74) is -5.52. The largest absolute Gasteiger partial charge is 0.455 e. The summed E-state index contributed by atoms with van der Waals surface area (Å²) in [6.45, 7) is 0. The first-order valence-electron chi connectivity index (χ1n) is 31.9. The van der Waals surface area contributed by atoms with Crippen molar-refractivity contribution in [3.63, 3.8) is 0 Å². The zero-order valence-corrected chi connectivity index (χ0v) is 29.5. The lowest BCUT2D eigenvalue weighted by molar-refractivity contribution is 0.670. The van der Waals surface area contributed by atoms with Crippen LogP contribution >= 0.6 is 0 Å². The van der Waals surface area contributed by atoms with Crippen LogP contribution in [0.25, 0.3) is 88.0 Å². The van der Waals surface area contributed by atoms with Gasteiger partial charge in [0.25, 0.3) is 0 Å². The minimum absolute atomic E-state index is 0.134. The maximum Gasteiger partial charge on any atom is 0.143 e. The number of furan rings is 1. The van der Waals surface area contributed by atoms with Gasteiger partial charge in [-0.1, -0.05) is 175 Å². The Hall–Kier alpha value is -7.68. The average Bonchev–Trinajstić information content (AvgIpc) is 1.60. The van der Waals surface area contributed by atoms with Crippen LogP contribution in [0.5, 0.6) is 0 Å². The summed E-state index contributed by atoms with van der Waals surface area (Å²) in [7, 11) is 0. The molecule has 0 aliphatic carbocycles. The van der Waals surface area contributed by atoms with E-state index in [-0.39, 0.29) is 49.2 Å². The molecule has 11 rings (SSSR count). The first-order valence-corrected chi connectivity index (χ1v) is 17.4. The van der Waals surface area contributed by atoms with Crippen LogP contribution in [0.2, 0.25) is 0 Å². The van der Waals surface area contributed by atoms with Gasteiger partial charge in [0.1, 0.15) is 11.2 Å². The molecule has 58 heavy (non-hydrogen) atoms. The topological polar surface area (TPSA) is 16.4 Å². The molecule has 272 valence electrons. The molecule has 1 aromatic heterocycles. The zero-order valence-electron chi connectivity index (χ0n) is 58.5. The average molecular weight is 769 g/mol. The van der Waals surface area contributed by atoms with Gasteiger partial charge in [-0.3, -0.25) is 0 Å². The Morgan fingerprint density at radius 2 is 1.00 bits per heavy atom. The molecule has 0 unspecified atom stereocenters. The molecule has 0 saturated carbocycles. The summed E-state index contributed by atoms with van der Waals surface area (Å²) in [6, 6.07) is -12.3. The van der Waals surface area contributed by atoms with Crippen LogP contribution in [0.15, 0.2) is 228 Å². The van der Waals surface area contributed by atoms with E-state index in [4.69, 9.17) is 33.2 Å². The van der Waals surface area contributed by atoms with Gasteiger partial charge < -0.3 is 9.32 Å². The predicted octanol–water partition coefficient (Wildman–Crippen LogP) is 16.0. The highest BCUT2D eigenvalue weighted by molar-refractivity contribution is 6.14. The molecule has 0 bridgehead atoms. The Bertz CT molecular complexity index is 4950. The summed E-state index contributed by atoms with van der Waals surface area (Å²) in [5, 5.41) is -2.18. The van der Waals surface area contributed by atoms with E-state index in [9.17, 15) is 11.0 Å². The van der Waals surface area contributed by atoms with Crippen molar-refractivity contribution in [1.29, 1.82) is 0 Å². The van der Waals surface area contributed by atoms with E-state index in [1.54, 1.807) is 0 Å². The lowest BCUT2D eigenvalue weighted by Crippen LogP contribution is -2.10. The number of nitrogens with zero attached hydrogens (tertiary/aromatic N) is 1. The molecule has 1 heterocycles. The molecule has 0 atom stereocenters. The van der Waals surface area contributed by atoms with Gasteiger partial charge in [-0.25, -0.2) is 0 Å². The fourth-order valence-electron chi connectivity index (χ4n) is 6.76. The molecular weight excluding hydrogens is 703 g/mol. The van der Waals surface area contributed by atoms with Crippen molar-refractivity contribution in [2.45, 2.75) is 0 Å². The monoisotopic (exact) mass is 768 g/mol. The number of fused-ring (bicyclic) bond motifs is 6. The highest BCUT2D eigenvalue weighted by atomic mass is 16.3. The van der Waals surface area contributed by atoms with Crippen molar-refractivity contribution in [1.82, 2.24) is 0 Å². The first-order chi connectivity index (χ1) is 40.8. The van der Waals surface area contributed by atoms with E-state index >= 15 is 0 Å². The van der Waals surface area contributed by atoms with Crippen LogP contribution in [0, 0.1) is 0 Å². The molecule has 2 heteroatoms. The number of hydrogen-bond acceptors (Lipinski definition) is 2. The third-order valence-corrected chi connectivity index (χ3v) is 9.37. The van der Waals surface area contributed by atoms with Crippen LogP contribution < -0.4 is 4.90 Å². The van der Waals surface area contributed by atoms with Gasteiger partial charge >= 0.3 is 0 Å². The third-order valence-electron chi connectivity index (χ3n) is 9.37. The Morgan fingerprint density at radius 1 is 0.345 bits per heavy atom. The van der Waals surface area contributed by atoms with Crippen molar-refractivity contribution in [2.24, 2.45) is 0 Å². The highest BCUT2D eigenvalue weighted by Gasteiger charge is 2.19. The second kappa shape index (κ2) is 14.1. The van der Waals surface area contributed by atoms with E-state index in [1.807, 2.05) is 0 Å². The minimum atomic E-state index is -0.925. The smallest absolute Gasteiger partial charge is 0.143 e. The van der Waals surface area contributed by atoms with Gasteiger partial charge in [0.05, 0.1) is 39.8 Å². The van der Waals surface area contributed by atoms with E-state index < -0.39 is 231 Å². The van der Waals surface area contributed by atoms with Crippen molar-refractivity contribution >= 4 is 60.5 Å². The first kappa shape index (κ1) is 15.3. The van der Waals surface area contributed by atoms with Crippen molar-refractivity contribution < 1.29 is 44.2 Å². The number of benzene rings is 10. The third kappa shape index (κ3) is 5.82. The van der Waals surface area contributed by atoms with Crippen LogP contribution in [0.3, 0.4) is 0 Å². The quantitative estimate of drug-likeness (QED) is 0.150. The predicted molar refractivity (Wildman–Crippen MR) is 245 cm³/mol. The molecule has 0 aliphatic heterocycles. The van der Waals surface area contributed by atoms with E-state index in [2.05, 4.69) is 0 Å². The fraction of sp³-hybridized carbons (Fsp3) is 0. The summed E-state index contributed by atoms with van der Waals surface area (Å²) in [6.07, 6.45) is 0. The van der Waals surface area contributed by atoms with E-state index in [0.717, 1.165) is 53.4 Å². The Balaban J connectivity index is 1.27. The molecule has 11 aromatic rings. The van der Waals surface area contributed by atoms with Gasteiger partial charge in [0, 0.05) is 33.4 Å². The number of para-hydroxylation sites is 2. The molecule has 0 amide bonds. The molecule has 0 spiro atoms. The lowest BCUT2D eigenvalue weighted by Gasteiger charge is -2.27. The Labute approximate surface area is 378 Å². The molecule has 0 radical (unpaired) electrons. The second-order valence-corrected chi connectivity index (χ2v) is 12.7. The Morgan fingerprint density at radius 3 is 1.88 bits per heavy atom. The summed E-state index contributed by atoms with van der Waals surface area (Å²) in [4.78, 5) is 0.943. The standard InChI is InChI=1S/C56H37NO/c1-3-14-38(15-4-1)47-35-34-45(37-54(47)39-16-5-2-6-17-39)57(43-30-26-40(27-31-43)48-23-13-24-52-51-22-11-12-25-55(51)58-56(48)52)44-32-28-41(29-33-44)53-36-42-18-7-8-19-46(42)49-20-9-10-21-50(49)53/h1-37H/i1D,2D,3D,4D,5D,6D,7D,8D,9D,10D,11D,12D,13D,16D,18D,19D,20D,22D,23D,24D,25D,26D,27D,28D,29D,32D,34D,35D,36D. The lowest BCUT2D eigenvalue weighted by atomic mass is 9.93. The molecule has 2 nitrogen and oxygen atoms in total. The number of anilines is 3. The van der Waals surface area contributed by atoms with Crippen LogP contribution in [0.4, 0.5) is 17.1 Å². The van der Waals surface area contributed by atoms with Crippen LogP contribution in [-0.2, 0) is 0 Å². The fourth-order valence-corrected chi connectivity index (χ4v) is 6.76. The SMILES string of the molecule is [2H]c1cc(-c2c(-c3cc([2H])c([2H])c([2H])c3[2H])cc(N(c3cc([2H])c(-c4c([2H])c([2H])c([2H])c5c4oc4c([2H])c([2H])c([2H])c([2H])c45)c([2H])c3)c3cc([2H])c(-c4c([2H])c5c([2H])c([2H])c([2H])c([2H])c5c5c([2H])c([2H])c([2H])cc45)c([2H])c3[2H])c([2H])c2[2H])cc([2H])c1[2H]. The van der Waals surface area contributed by atoms with Gasteiger partial charge in [0.15, 0.2) is 0 Å². The molecular formula is C56H37NO. The number of rotatable bonds is 7. The van der Waals surface area contributed by atoms with Crippen molar-refractivity contribution in [3.05, 3.63) is 224 Å². The molecule has 0 aliphatic rings. The van der Waals surface area contributed by atoms with Crippen molar-refractivity contribution in [2.75, 3.05) is 4.90 Å². The second-order valence-electron chi connectivity index (χ2n) is 12.7. The molecule has 10 aromatic carbocycles. The summed E-state index contributed by atoms with van der Waals surface area (Å²) >= 11 is 0. The van der Waals surface area contributed by atoms with Gasteiger partial charge in [0.2, 0.25) is 0 Å². The van der Waals surface area contributed by atoms with Gasteiger partial charge in [-0.05, 0) is 109 Å². The maximum absolute atomic E-state index is 9.88. The van der Waals surface area contributed by atoms with E-state index in [1.165, 1.54) is 0 Å². The normalized spacial score (nSPS) is 18.4. The maximum atomic E-state index is 9.88. The van der Waals surface area contributed by atoms with Crippen LogP contribution in [-0.4, -0.2) is 0 Å². The molecule has 0 saturated heterocycles. The Kier molecular flexibility index (Phi) is 3.73. The molecule has 0 fully saturated rings. The van der Waals surface area contributed by atoms with Crippen LogP contribution in [0.1, 0.15) is 39.8 Å². The highest BCUT2D eigenvalue weighted by Crippen LogP contribution is 2.43. The molecule has 0 N–H and O–H groups in total. The van der Waals surface area contributed by atoms with E-state index in [0.29, 0.717) is 0 Å². The summed E-state index contributed by atoms with van der Waals surface area (Å²) < 4.78 is 266. The minimum Gasteiger partial charge on any atom is -0.455 e. The number of hydrogen-bond donors (Lipinski definition) is 0. The summed E-state index contributed by atoms with van der Waals surface area (Å²) in [5.74, 6) is 0. The van der Waals surface area contributed by atoms with Gasteiger partial charge in [-0.2, -0.15) is 0 Å². The zero-order chi connectivity index (χ0) is 63.7. The van der Waals surface area contributed by atoms with Gasteiger partial charge in [-0.15, -0.1) is 0 Å².